The summed E-state index contributed by atoms with van der Waals surface area (Å²) in [6.45, 7) is 0. The van der Waals surface area contributed by atoms with Gasteiger partial charge < -0.3 is 16.2 Å². The monoisotopic (exact) mass is 424 g/mol. The SMILES string of the molecule is CNc1ccc(C=Cc2cc[n+](C(=O)[C@@H](N)Cc3ccc(O)cc3)c3ccccc23)cc1. The number of hydrogen-bond acceptors (Lipinski definition) is 4. The van der Waals surface area contributed by atoms with E-state index < -0.39 is 6.04 Å². The number of phenolic OH excluding ortho intramolecular Hbond substituents is 1. The average molecular weight is 425 g/mol. The lowest BCUT2D eigenvalue weighted by atomic mass is 10.0. The van der Waals surface area contributed by atoms with Crippen molar-refractivity contribution in [3.8, 4) is 5.75 Å². The molecular formula is C27H26N3O2+. The van der Waals surface area contributed by atoms with Gasteiger partial charge in [-0.25, -0.2) is 4.79 Å². The van der Waals surface area contributed by atoms with Crippen LogP contribution in [0.2, 0.25) is 0 Å². The standard InChI is InChI=1S/C27H25N3O2/c1-29-22-12-7-19(8-13-22)6-11-21-16-17-30(26-5-3-2-4-24(21)26)27(32)25(28)18-20-9-14-23(31)15-10-20/h2-17,25,31H,18,28H2,1H3/p+1/t25-/m0/s1. The van der Waals surface area contributed by atoms with Crippen LogP contribution in [0.15, 0.2) is 85.1 Å². The fraction of sp³-hybridized carbons (Fsp3) is 0.111. The minimum absolute atomic E-state index is 0.174. The van der Waals surface area contributed by atoms with Crippen LogP contribution in [-0.2, 0) is 6.42 Å². The second-order valence-corrected chi connectivity index (χ2v) is 7.68. The summed E-state index contributed by atoms with van der Waals surface area (Å²) in [4.78, 5) is 13.1. The Kier molecular flexibility index (Phi) is 6.29. The normalized spacial score (nSPS) is 12.2. The molecule has 5 nitrogen and oxygen atoms in total. The van der Waals surface area contributed by atoms with Gasteiger partial charge in [0, 0.05) is 31.3 Å². The molecule has 1 heterocycles. The van der Waals surface area contributed by atoms with Crippen molar-refractivity contribution in [2.75, 3.05) is 12.4 Å². The number of carbonyl (C=O) groups is 1. The maximum Gasteiger partial charge on any atom is 0.409 e. The van der Waals surface area contributed by atoms with Crippen molar-refractivity contribution in [1.82, 2.24) is 0 Å². The Labute approximate surface area is 187 Å². The number of nitrogens with one attached hydrogen (secondary N) is 1. The molecule has 0 unspecified atom stereocenters. The number of hydrogen-bond donors (Lipinski definition) is 3. The Morgan fingerprint density at radius 1 is 1.00 bits per heavy atom. The Morgan fingerprint density at radius 2 is 1.72 bits per heavy atom. The molecule has 160 valence electrons. The molecule has 0 aliphatic carbocycles. The van der Waals surface area contributed by atoms with Crippen molar-refractivity contribution in [3.05, 3.63) is 102 Å². The van der Waals surface area contributed by atoms with E-state index in [-0.39, 0.29) is 11.7 Å². The Hall–Kier alpha value is -3.96. The van der Waals surface area contributed by atoms with Crippen molar-refractivity contribution in [1.29, 1.82) is 0 Å². The second kappa shape index (κ2) is 9.45. The first-order valence-electron chi connectivity index (χ1n) is 10.5. The van der Waals surface area contributed by atoms with Crippen LogP contribution in [0.1, 0.15) is 21.5 Å². The molecule has 0 radical (unpaired) electrons. The molecule has 1 aromatic heterocycles. The van der Waals surface area contributed by atoms with Crippen LogP contribution >= 0.6 is 0 Å². The summed E-state index contributed by atoms with van der Waals surface area (Å²) in [5.74, 6) is 0.0168. The van der Waals surface area contributed by atoms with E-state index in [1.54, 1.807) is 35.0 Å². The van der Waals surface area contributed by atoms with Crippen LogP contribution in [0.3, 0.4) is 0 Å². The molecular weight excluding hydrogens is 398 g/mol. The van der Waals surface area contributed by atoms with Gasteiger partial charge in [-0.1, -0.05) is 48.6 Å². The largest absolute Gasteiger partial charge is 0.508 e. The Morgan fingerprint density at radius 3 is 2.44 bits per heavy atom. The van der Waals surface area contributed by atoms with E-state index in [1.807, 2.05) is 49.5 Å². The lowest BCUT2D eigenvalue weighted by Crippen LogP contribution is -2.53. The quantitative estimate of drug-likeness (QED) is 0.404. The Bertz CT molecular complexity index is 1260. The van der Waals surface area contributed by atoms with E-state index in [9.17, 15) is 9.90 Å². The highest BCUT2D eigenvalue weighted by atomic mass is 16.3. The lowest BCUT2D eigenvalue weighted by Gasteiger charge is -2.09. The fourth-order valence-corrected chi connectivity index (χ4v) is 3.69. The van der Waals surface area contributed by atoms with Gasteiger partial charge in [-0.15, -0.1) is 4.57 Å². The molecule has 0 spiro atoms. The molecule has 0 saturated carbocycles. The van der Waals surface area contributed by atoms with Crippen LogP contribution in [0.5, 0.6) is 5.75 Å². The van der Waals surface area contributed by atoms with Crippen LogP contribution < -0.4 is 15.6 Å². The minimum Gasteiger partial charge on any atom is -0.508 e. The average Bonchev–Trinajstić information content (AvgIpc) is 2.83. The van der Waals surface area contributed by atoms with Gasteiger partial charge >= 0.3 is 5.91 Å². The zero-order chi connectivity index (χ0) is 22.5. The van der Waals surface area contributed by atoms with Crippen molar-refractivity contribution in [2.24, 2.45) is 5.73 Å². The van der Waals surface area contributed by atoms with Crippen LogP contribution in [0.25, 0.3) is 23.1 Å². The molecule has 5 heteroatoms. The number of nitrogens with two attached hydrogens (primary N) is 1. The second-order valence-electron chi connectivity index (χ2n) is 7.68. The maximum absolute atomic E-state index is 13.1. The summed E-state index contributed by atoms with van der Waals surface area (Å²) in [5.41, 5.74) is 11.1. The van der Waals surface area contributed by atoms with E-state index >= 15 is 0 Å². The number of phenols is 1. The topological polar surface area (TPSA) is 79.2 Å². The number of pyridine rings is 1. The predicted octanol–water partition coefficient (Wildman–Crippen LogP) is 4.26. The number of aromatic nitrogens is 1. The zero-order valence-electron chi connectivity index (χ0n) is 17.9. The molecule has 3 aromatic carbocycles. The molecule has 4 N–H and O–H groups in total. The number of anilines is 1. The number of fused-ring (bicyclic) bond motifs is 1. The van der Waals surface area contributed by atoms with Crippen molar-refractivity contribution >= 4 is 34.6 Å². The van der Waals surface area contributed by atoms with E-state index in [1.165, 1.54) is 0 Å². The first-order chi connectivity index (χ1) is 15.5. The van der Waals surface area contributed by atoms with Crippen LogP contribution in [-0.4, -0.2) is 24.1 Å². The molecule has 1 atom stereocenters. The number of carbonyl (C=O) groups excluding carboxylic acids is 1. The highest BCUT2D eigenvalue weighted by Gasteiger charge is 2.26. The molecule has 32 heavy (non-hydrogen) atoms. The third-order valence-electron chi connectivity index (χ3n) is 5.48. The van der Waals surface area contributed by atoms with Gasteiger partial charge in [-0.2, -0.15) is 0 Å². The fourth-order valence-electron chi connectivity index (χ4n) is 3.69. The number of aromatic hydroxyl groups is 1. The molecule has 0 fully saturated rings. The summed E-state index contributed by atoms with van der Waals surface area (Å²) < 4.78 is 1.62. The maximum atomic E-state index is 13.1. The zero-order valence-corrected chi connectivity index (χ0v) is 17.9. The summed E-state index contributed by atoms with van der Waals surface area (Å²) in [7, 11) is 1.90. The molecule has 0 amide bonds. The first-order valence-corrected chi connectivity index (χ1v) is 10.5. The van der Waals surface area contributed by atoms with Gasteiger partial charge in [0.2, 0.25) is 5.52 Å². The van der Waals surface area contributed by atoms with Crippen LogP contribution in [0.4, 0.5) is 5.69 Å². The molecule has 4 aromatic rings. The third-order valence-corrected chi connectivity index (χ3v) is 5.48. The number of para-hydroxylation sites is 1. The lowest BCUT2D eigenvalue weighted by molar-refractivity contribution is -0.547. The van der Waals surface area contributed by atoms with E-state index in [4.69, 9.17) is 5.73 Å². The molecule has 4 rings (SSSR count). The predicted molar refractivity (Wildman–Crippen MR) is 129 cm³/mol. The summed E-state index contributed by atoms with van der Waals surface area (Å²) in [5, 5.41) is 13.5. The molecule has 0 aliphatic heterocycles. The highest BCUT2D eigenvalue weighted by Crippen LogP contribution is 2.19. The molecule has 0 bridgehead atoms. The molecule has 0 saturated heterocycles. The first kappa shape index (κ1) is 21.3. The number of rotatable bonds is 6. The summed E-state index contributed by atoms with van der Waals surface area (Å²) >= 11 is 0. The van der Waals surface area contributed by atoms with Gasteiger partial charge in [0.15, 0.2) is 6.20 Å². The van der Waals surface area contributed by atoms with Gasteiger partial charge in [-0.05, 0) is 47.0 Å². The minimum atomic E-state index is -0.694. The van der Waals surface area contributed by atoms with E-state index in [2.05, 4.69) is 29.6 Å². The van der Waals surface area contributed by atoms with Crippen LogP contribution in [0, 0.1) is 0 Å². The van der Waals surface area contributed by atoms with Gasteiger partial charge in [0.05, 0.1) is 5.39 Å². The summed E-state index contributed by atoms with van der Waals surface area (Å²) in [6.07, 6.45) is 6.29. The van der Waals surface area contributed by atoms with Gasteiger partial charge in [-0.3, -0.25) is 0 Å². The highest BCUT2D eigenvalue weighted by molar-refractivity contribution is 5.91. The molecule has 0 aliphatic rings. The summed E-state index contributed by atoms with van der Waals surface area (Å²) in [6, 6.07) is 24.0. The number of nitrogens with zero attached hydrogens (tertiary/aromatic N) is 1. The number of benzene rings is 3. The van der Waals surface area contributed by atoms with Gasteiger partial charge in [0.1, 0.15) is 11.8 Å². The van der Waals surface area contributed by atoms with Gasteiger partial charge in [0.25, 0.3) is 0 Å². The van der Waals surface area contributed by atoms with Crippen molar-refractivity contribution in [2.45, 2.75) is 12.5 Å². The van der Waals surface area contributed by atoms with E-state index in [0.717, 1.165) is 33.3 Å². The Balaban J connectivity index is 1.61. The third kappa shape index (κ3) is 4.68. The van der Waals surface area contributed by atoms with Crippen molar-refractivity contribution < 1.29 is 14.5 Å². The van der Waals surface area contributed by atoms with E-state index in [0.29, 0.717) is 6.42 Å². The van der Waals surface area contributed by atoms with Crippen molar-refractivity contribution in [3.63, 3.8) is 0 Å². The smallest absolute Gasteiger partial charge is 0.409 e.